The summed E-state index contributed by atoms with van der Waals surface area (Å²) in [5.41, 5.74) is 8.16. The van der Waals surface area contributed by atoms with Crippen molar-refractivity contribution in [2.75, 3.05) is 5.48 Å². The molecule has 0 amide bonds. The summed E-state index contributed by atoms with van der Waals surface area (Å²) in [6.45, 7) is 5.04. The van der Waals surface area contributed by atoms with Gasteiger partial charge in [-0.15, -0.1) is 0 Å². The second-order valence-electron chi connectivity index (χ2n) is 3.04. The molecule has 1 aromatic carbocycles. The monoisotopic (exact) mass is 150 g/mol. The minimum Gasteiger partial charge on any atom is -0.298 e. The molecule has 1 aromatic rings. The summed E-state index contributed by atoms with van der Waals surface area (Å²) in [7, 11) is 0. The molecule has 58 valence electrons. The summed E-state index contributed by atoms with van der Waals surface area (Å²) in [5.74, 6) is 0. The van der Waals surface area contributed by atoms with Crippen molar-refractivity contribution in [1.82, 2.24) is 0 Å². The van der Waals surface area contributed by atoms with E-state index in [0.717, 1.165) is 6.61 Å². The van der Waals surface area contributed by atoms with Gasteiger partial charge in [0.05, 0.1) is 5.56 Å². The lowest BCUT2D eigenvalue weighted by Crippen LogP contribution is -1.95. The fourth-order valence-corrected chi connectivity index (χ4v) is 1.54. The largest absolute Gasteiger partial charge is 0.298 e. The van der Waals surface area contributed by atoms with Crippen LogP contribution in [0.5, 0.6) is 0 Å². The molecule has 2 rings (SSSR count). The van der Waals surface area contributed by atoms with Crippen molar-refractivity contribution in [2.45, 2.75) is 20.5 Å². The number of hydrogen-bond donors (Lipinski definition) is 1. The first-order valence-corrected chi connectivity index (χ1v) is 3.80. The van der Waals surface area contributed by atoms with E-state index in [0.29, 0.717) is 0 Å². The summed E-state index contributed by atoms with van der Waals surface area (Å²) < 4.78 is 0. The molecule has 1 aliphatic heterocycles. The van der Waals surface area contributed by atoms with Crippen molar-refractivity contribution in [1.29, 1.82) is 0 Å². The highest BCUT2D eigenvalue weighted by Crippen LogP contribution is 2.26. The van der Waals surface area contributed by atoms with E-state index in [1.54, 1.807) is 0 Å². The topological polar surface area (TPSA) is 24.8 Å². The van der Waals surface area contributed by atoms with Crippen LogP contribution >= 0.6 is 0 Å². The van der Waals surface area contributed by atoms with Crippen molar-refractivity contribution in [3.05, 3.63) is 28.8 Å². The van der Waals surface area contributed by atoms with E-state index >= 15 is 0 Å². The SMILES string of the molecule is Cc1cc(C)c2c(c1)C[OH+]N2. The molecule has 0 saturated carbocycles. The maximum atomic E-state index is 4.10. The molecule has 2 heteroatoms. The van der Waals surface area contributed by atoms with E-state index in [9.17, 15) is 0 Å². The maximum Gasteiger partial charge on any atom is 0.201 e. The highest BCUT2D eigenvalue weighted by Gasteiger charge is 2.17. The third-order valence-electron chi connectivity index (χ3n) is 2.00. The molecule has 0 aromatic heterocycles. The first-order valence-electron chi connectivity index (χ1n) is 3.80. The molecule has 1 heterocycles. The van der Waals surface area contributed by atoms with Crippen molar-refractivity contribution in [3.8, 4) is 0 Å². The standard InChI is InChI=1S/C9H11NO/c1-6-3-7(2)9-8(4-6)5-11-10-9/h3-4,10H,5H2,1-2H3/p+1. The zero-order valence-electron chi connectivity index (χ0n) is 6.81. The van der Waals surface area contributed by atoms with Gasteiger partial charge < -0.3 is 0 Å². The van der Waals surface area contributed by atoms with E-state index < -0.39 is 0 Å². The lowest BCUT2D eigenvalue weighted by molar-refractivity contribution is 0.0137. The molecule has 11 heavy (non-hydrogen) atoms. The van der Waals surface area contributed by atoms with Crippen LogP contribution in [-0.4, -0.2) is 4.84 Å². The number of nitrogens with one attached hydrogen (secondary N) is 1. The van der Waals surface area contributed by atoms with E-state index in [2.05, 4.69) is 36.3 Å². The molecule has 0 saturated heterocycles. The maximum absolute atomic E-state index is 4.10. The molecule has 0 radical (unpaired) electrons. The first-order chi connectivity index (χ1) is 5.27. The molecular formula is C9H12NO+. The van der Waals surface area contributed by atoms with Gasteiger partial charge in [0, 0.05) is 0 Å². The summed E-state index contributed by atoms with van der Waals surface area (Å²) >= 11 is 0. The van der Waals surface area contributed by atoms with Gasteiger partial charge in [0.25, 0.3) is 0 Å². The average Bonchev–Trinajstić information content (AvgIpc) is 2.34. The number of aryl methyl sites for hydroxylation is 2. The molecule has 0 bridgehead atoms. The minimum atomic E-state index is 0.817. The summed E-state index contributed by atoms with van der Waals surface area (Å²) in [6.07, 6.45) is 0. The zero-order valence-corrected chi connectivity index (χ0v) is 6.81. The van der Waals surface area contributed by atoms with Crippen molar-refractivity contribution >= 4 is 5.69 Å². The molecule has 0 atom stereocenters. The molecular weight excluding hydrogens is 138 g/mol. The van der Waals surface area contributed by atoms with Crippen LogP contribution in [0.3, 0.4) is 0 Å². The number of benzene rings is 1. The number of hydrogen-bond acceptors (Lipinski definition) is 1. The van der Waals surface area contributed by atoms with Gasteiger partial charge in [-0.3, -0.25) is 4.84 Å². The Hall–Kier alpha value is -1.02. The van der Waals surface area contributed by atoms with Crippen molar-refractivity contribution < 1.29 is 4.84 Å². The Morgan fingerprint density at radius 1 is 1.36 bits per heavy atom. The molecule has 0 fully saturated rings. The predicted molar refractivity (Wildman–Crippen MR) is 45.5 cm³/mol. The van der Waals surface area contributed by atoms with Crippen LogP contribution in [0.2, 0.25) is 0 Å². The predicted octanol–water partition coefficient (Wildman–Crippen LogP) is 1.67. The minimum absolute atomic E-state index is 0.817. The fourth-order valence-electron chi connectivity index (χ4n) is 1.54. The third-order valence-corrected chi connectivity index (χ3v) is 2.00. The molecule has 1 aliphatic rings. The average molecular weight is 150 g/mol. The normalized spacial score (nSPS) is 14.4. The van der Waals surface area contributed by atoms with E-state index in [1.807, 2.05) is 0 Å². The number of rotatable bonds is 0. The quantitative estimate of drug-likeness (QED) is 0.559. The van der Waals surface area contributed by atoms with E-state index in [1.165, 1.54) is 22.4 Å². The van der Waals surface area contributed by atoms with Crippen molar-refractivity contribution in [3.63, 3.8) is 0 Å². The highest BCUT2D eigenvalue weighted by molar-refractivity contribution is 5.58. The van der Waals surface area contributed by atoms with Gasteiger partial charge in [0.1, 0.15) is 5.69 Å². The van der Waals surface area contributed by atoms with Gasteiger partial charge in [-0.2, -0.15) is 5.48 Å². The third kappa shape index (κ3) is 0.994. The Labute approximate surface area is 66.1 Å². The lowest BCUT2D eigenvalue weighted by atomic mass is 10.1. The number of aliphatic hydroxyl groups is 1. The van der Waals surface area contributed by atoms with Gasteiger partial charge >= 0.3 is 0 Å². The Morgan fingerprint density at radius 3 is 3.00 bits per heavy atom. The Morgan fingerprint density at radius 2 is 2.18 bits per heavy atom. The Balaban J connectivity index is 2.60. The molecule has 0 unspecified atom stereocenters. The van der Waals surface area contributed by atoms with Gasteiger partial charge in [-0.1, -0.05) is 11.6 Å². The van der Waals surface area contributed by atoms with Crippen LogP contribution in [0.15, 0.2) is 12.1 Å². The lowest BCUT2D eigenvalue weighted by Gasteiger charge is -1.99. The summed E-state index contributed by atoms with van der Waals surface area (Å²) in [4.78, 5) is 4.10. The summed E-state index contributed by atoms with van der Waals surface area (Å²) in [6, 6.07) is 4.36. The second-order valence-corrected chi connectivity index (χ2v) is 3.04. The molecule has 0 spiro atoms. The van der Waals surface area contributed by atoms with Crippen LogP contribution in [0.4, 0.5) is 5.69 Å². The van der Waals surface area contributed by atoms with E-state index in [4.69, 9.17) is 0 Å². The van der Waals surface area contributed by atoms with Crippen LogP contribution in [-0.2, 0) is 6.61 Å². The van der Waals surface area contributed by atoms with Gasteiger partial charge in [-0.05, 0) is 25.5 Å². The molecule has 0 aliphatic carbocycles. The van der Waals surface area contributed by atoms with E-state index in [-0.39, 0.29) is 0 Å². The Kier molecular flexibility index (Phi) is 1.36. The summed E-state index contributed by atoms with van der Waals surface area (Å²) in [5, 5.41) is 0. The van der Waals surface area contributed by atoms with Crippen LogP contribution < -0.4 is 5.48 Å². The van der Waals surface area contributed by atoms with Crippen LogP contribution in [0.1, 0.15) is 16.7 Å². The van der Waals surface area contributed by atoms with Gasteiger partial charge in [0.15, 0.2) is 0 Å². The molecule has 2 nitrogen and oxygen atoms in total. The zero-order chi connectivity index (χ0) is 7.84. The highest BCUT2D eigenvalue weighted by atomic mass is 16.6. The van der Waals surface area contributed by atoms with Crippen LogP contribution in [0.25, 0.3) is 0 Å². The smallest absolute Gasteiger partial charge is 0.201 e. The Bertz CT molecular complexity index is 294. The fraction of sp³-hybridized carbons (Fsp3) is 0.333. The van der Waals surface area contributed by atoms with Gasteiger partial charge in [0.2, 0.25) is 6.61 Å². The molecule has 2 N–H and O–H groups in total. The number of fused-ring (bicyclic) bond motifs is 1. The number of anilines is 1. The van der Waals surface area contributed by atoms with Crippen LogP contribution in [0, 0.1) is 13.8 Å². The van der Waals surface area contributed by atoms with Gasteiger partial charge in [-0.25, -0.2) is 0 Å². The van der Waals surface area contributed by atoms with Crippen molar-refractivity contribution in [2.24, 2.45) is 0 Å². The first kappa shape index (κ1) is 6.68. The second kappa shape index (κ2) is 2.24.